The Bertz CT molecular complexity index is 162. The summed E-state index contributed by atoms with van der Waals surface area (Å²) in [5.41, 5.74) is 5.37. The molecule has 0 rings (SSSR count). The van der Waals surface area contributed by atoms with Crippen molar-refractivity contribution in [2.45, 2.75) is 32.7 Å². The third-order valence-electron chi connectivity index (χ3n) is 2.09. The second kappa shape index (κ2) is 7.76. The molecule has 4 nitrogen and oxygen atoms in total. The first-order valence-corrected chi connectivity index (χ1v) is 5.11. The number of hydrogen-bond acceptors (Lipinski definition) is 3. The van der Waals surface area contributed by atoms with Crippen LogP contribution in [0.3, 0.4) is 0 Å². The summed E-state index contributed by atoms with van der Waals surface area (Å²) >= 11 is 0. The first-order chi connectivity index (χ1) is 6.61. The SMILES string of the molecule is COCC(C)NC(=O)C(C)CCCN. The largest absolute Gasteiger partial charge is 0.383 e. The second-order valence-electron chi connectivity index (χ2n) is 3.70. The quantitative estimate of drug-likeness (QED) is 0.632. The van der Waals surface area contributed by atoms with Gasteiger partial charge in [-0.05, 0) is 26.3 Å². The molecular formula is C10H22N2O2. The summed E-state index contributed by atoms with van der Waals surface area (Å²) in [7, 11) is 1.63. The molecule has 0 aliphatic heterocycles. The Labute approximate surface area is 86.2 Å². The smallest absolute Gasteiger partial charge is 0.223 e. The number of ether oxygens (including phenoxy) is 1. The highest BCUT2D eigenvalue weighted by Gasteiger charge is 2.14. The Kier molecular flexibility index (Phi) is 7.42. The van der Waals surface area contributed by atoms with Crippen LogP contribution in [0.5, 0.6) is 0 Å². The van der Waals surface area contributed by atoms with Crippen molar-refractivity contribution in [2.75, 3.05) is 20.3 Å². The number of methoxy groups -OCH3 is 1. The van der Waals surface area contributed by atoms with Crippen LogP contribution in [0.1, 0.15) is 26.7 Å². The van der Waals surface area contributed by atoms with Gasteiger partial charge in [0, 0.05) is 19.1 Å². The lowest BCUT2D eigenvalue weighted by molar-refractivity contribution is -0.125. The molecule has 0 saturated heterocycles. The molecule has 2 atom stereocenters. The fourth-order valence-electron chi connectivity index (χ4n) is 1.23. The van der Waals surface area contributed by atoms with Crippen molar-refractivity contribution in [1.82, 2.24) is 5.32 Å². The van der Waals surface area contributed by atoms with E-state index in [-0.39, 0.29) is 17.9 Å². The third kappa shape index (κ3) is 5.94. The van der Waals surface area contributed by atoms with Crippen molar-refractivity contribution in [2.24, 2.45) is 11.7 Å². The Morgan fingerprint density at radius 2 is 2.14 bits per heavy atom. The maximum absolute atomic E-state index is 11.5. The number of rotatable bonds is 7. The summed E-state index contributed by atoms with van der Waals surface area (Å²) in [4.78, 5) is 11.5. The van der Waals surface area contributed by atoms with E-state index in [0.29, 0.717) is 13.2 Å². The normalized spacial score (nSPS) is 14.9. The van der Waals surface area contributed by atoms with Crippen LogP contribution in [0.25, 0.3) is 0 Å². The van der Waals surface area contributed by atoms with Crippen LogP contribution in [-0.4, -0.2) is 32.2 Å². The summed E-state index contributed by atoms with van der Waals surface area (Å²) in [6.07, 6.45) is 1.75. The molecule has 4 heteroatoms. The number of hydrogen-bond donors (Lipinski definition) is 2. The first kappa shape index (κ1) is 13.4. The topological polar surface area (TPSA) is 64.3 Å². The van der Waals surface area contributed by atoms with Crippen molar-refractivity contribution in [3.63, 3.8) is 0 Å². The molecule has 0 fully saturated rings. The van der Waals surface area contributed by atoms with E-state index in [2.05, 4.69) is 5.32 Å². The average Bonchev–Trinajstić information content (AvgIpc) is 2.14. The highest BCUT2D eigenvalue weighted by Crippen LogP contribution is 2.04. The molecular weight excluding hydrogens is 180 g/mol. The molecule has 1 amide bonds. The average molecular weight is 202 g/mol. The lowest BCUT2D eigenvalue weighted by Gasteiger charge is -2.16. The Balaban J connectivity index is 3.71. The molecule has 0 aliphatic carbocycles. The van der Waals surface area contributed by atoms with Crippen molar-refractivity contribution >= 4 is 5.91 Å². The summed E-state index contributed by atoms with van der Waals surface area (Å²) in [5, 5.41) is 2.88. The number of nitrogens with two attached hydrogens (primary N) is 1. The minimum atomic E-state index is 0.0397. The molecule has 84 valence electrons. The molecule has 0 saturated carbocycles. The fourth-order valence-corrected chi connectivity index (χ4v) is 1.23. The molecule has 0 heterocycles. The van der Waals surface area contributed by atoms with Gasteiger partial charge >= 0.3 is 0 Å². The van der Waals surface area contributed by atoms with Gasteiger partial charge in [-0.15, -0.1) is 0 Å². The van der Waals surface area contributed by atoms with Gasteiger partial charge in [-0.1, -0.05) is 6.92 Å². The van der Waals surface area contributed by atoms with E-state index in [1.54, 1.807) is 7.11 Å². The van der Waals surface area contributed by atoms with Gasteiger partial charge in [0.05, 0.1) is 6.61 Å². The van der Waals surface area contributed by atoms with Gasteiger partial charge in [0.2, 0.25) is 5.91 Å². The summed E-state index contributed by atoms with van der Waals surface area (Å²) < 4.78 is 4.93. The number of carbonyl (C=O) groups excluding carboxylic acids is 1. The van der Waals surface area contributed by atoms with Crippen LogP contribution in [0, 0.1) is 5.92 Å². The van der Waals surface area contributed by atoms with Crippen LogP contribution >= 0.6 is 0 Å². The van der Waals surface area contributed by atoms with E-state index in [1.807, 2.05) is 13.8 Å². The van der Waals surface area contributed by atoms with Crippen LogP contribution in [-0.2, 0) is 9.53 Å². The maximum Gasteiger partial charge on any atom is 0.223 e. The minimum absolute atomic E-state index is 0.0397. The van der Waals surface area contributed by atoms with E-state index in [0.717, 1.165) is 12.8 Å². The molecule has 0 aromatic rings. The van der Waals surface area contributed by atoms with Crippen molar-refractivity contribution in [3.05, 3.63) is 0 Å². The van der Waals surface area contributed by atoms with Crippen LogP contribution in [0.15, 0.2) is 0 Å². The molecule has 0 spiro atoms. The number of carbonyl (C=O) groups is 1. The lowest BCUT2D eigenvalue weighted by Crippen LogP contribution is -2.38. The van der Waals surface area contributed by atoms with E-state index < -0.39 is 0 Å². The van der Waals surface area contributed by atoms with Gasteiger partial charge < -0.3 is 15.8 Å². The Morgan fingerprint density at radius 1 is 1.50 bits per heavy atom. The predicted octanol–water partition coefficient (Wildman–Crippen LogP) is 0.513. The van der Waals surface area contributed by atoms with E-state index in [9.17, 15) is 4.79 Å². The standard InChI is InChI=1S/C10H22N2O2/c1-8(5-4-6-11)10(13)12-9(2)7-14-3/h8-9H,4-7,11H2,1-3H3,(H,12,13). The zero-order chi connectivity index (χ0) is 11.0. The van der Waals surface area contributed by atoms with E-state index in [1.165, 1.54) is 0 Å². The van der Waals surface area contributed by atoms with Crippen LogP contribution in [0.4, 0.5) is 0 Å². The van der Waals surface area contributed by atoms with E-state index >= 15 is 0 Å². The van der Waals surface area contributed by atoms with Gasteiger partial charge in [-0.3, -0.25) is 4.79 Å². The zero-order valence-electron chi connectivity index (χ0n) is 9.38. The summed E-state index contributed by atoms with van der Waals surface area (Å²) in [6, 6.07) is 0.0767. The van der Waals surface area contributed by atoms with Gasteiger partial charge in [0.15, 0.2) is 0 Å². The highest BCUT2D eigenvalue weighted by atomic mass is 16.5. The molecule has 3 N–H and O–H groups in total. The first-order valence-electron chi connectivity index (χ1n) is 5.11. The molecule has 0 radical (unpaired) electrons. The molecule has 0 aromatic heterocycles. The monoisotopic (exact) mass is 202 g/mol. The Hall–Kier alpha value is -0.610. The number of amides is 1. The fraction of sp³-hybridized carbons (Fsp3) is 0.900. The summed E-state index contributed by atoms with van der Waals surface area (Å²) in [6.45, 7) is 5.04. The van der Waals surface area contributed by atoms with E-state index in [4.69, 9.17) is 10.5 Å². The zero-order valence-corrected chi connectivity index (χ0v) is 9.38. The molecule has 0 bridgehead atoms. The molecule has 14 heavy (non-hydrogen) atoms. The van der Waals surface area contributed by atoms with Crippen LogP contribution < -0.4 is 11.1 Å². The predicted molar refractivity (Wildman–Crippen MR) is 56.9 cm³/mol. The minimum Gasteiger partial charge on any atom is -0.383 e. The Morgan fingerprint density at radius 3 is 2.64 bits per heavy atom. The summed E-state index contributed by atoms with van der Waals surface area (Å²) in [5.74, 6) is 0.126. The van der Waals surface area contributed by atoms with Crippen molar-refractivity contribution in [1.29, 1.82) is 0 Å². The van der Waals surface area contributed by atoms with Gasteiger partial charge in [-0.2, -0.15) is 0 Å². The maximum atomic E-state index is 11.5. The van der Waals surface area contributed by atoms with Crippen LogP contribution in [0.2, 0.25) is 0 Å². The lowest BCUT2D eigenvalue weighted by atomic mass is 10.0. The molecule has 0 aliphatic rings. The van der Waals surface area contributed by atoms with Crippen molar-refractivity contribution < 1.29 is 9.53 Å². The third-order valence-corrected chi connectivity index (χ3v) is 2.09. The molecule has 0 aromatic carbocycles. The van der Waals surface area contributed by atoms with Gasteiger partial charge in [-0.25, -0.2) is 0 Å². The highest BCUT2D eigenvalue weighted by molar-refractivity contribution is 5.78. The number of nitrogens with one attached hydrogen (secondary N) is 1. The van der Waals surface area contributed by atoms with Crippen molar-refractivity contribution in [3.8, 4) is 0 Å². The molecule has 2 unspecified atom stereocenters. The second-order valence-corrected chi connectivity index (χ2v) is 3.70. The van der Waals surface area contributed by atoms with Gasteiger partial charge in [0.25, 0.3) is 0 Å². The van der Waals surface area contributed by atoms with Gasteiger partial charge in [0.1, 0.15) is 0 Å².